The van der Waals surface area contributed by atoms with Crippen molar-refractivity contribution < 1.29 is 19.6 Å². The minimum absolute atomic E-state index is 0.0745. The molecule has 8 nitrogen and oxygen atoms in total. The van der Waals surface area contributed by atoms with Gasteiger partial charge < -0.3 is 20.5 Å². The van der Waals surface area contributed by atoms with Crippen LogP contribution in [0.4, 0.5) is 17.1 Å². The largest absolute Gasteiger partial charge is 0.389 e. The van der Waals surface area contributed by atoms with Crippen molar-refractivity contribution in [3.63, 3.8) is 0 Å². The van der Waals surface area contributed by atoms with Crippen molar-refractivity contribution in [1.82, 2.24) is 0 Å². The van der Waals surface area contributed by atoms with Gasteiger partial charge in [-0.2, -0.15) is 0 Å². The third-order valence-electron chi connectivity index (χ3n) is 3.20. The number of anilines is 2. The molecule has 1 aromatic rings. The molecule has 1 aliphatic rings. The Hall–Kier alpha value is -2.19. The van der Waals surface area contributed by atoms with Crippen LogP contribution in [-0.2, 0) is 16.0 Å². The van der Waals surface area contributed by atoms with Gasteiger partial charge in [-0.25, -0.2) is 0 Å². The molecular weight excluding hydrogens is 278 g/mol. The number of aliphatic hydroxyl groups is 1. The van der Waals surface area contributed by atoms with Gasteiger partial charge in [0.1, 0.15) is 5.69 Å². The number of benzene rings is 1. The topological polar surface area (TPSA) is 114 Å². The number of rotatable bonds is 6. The highest BCUT2D eigenvalue weighted by Gasteiger charge is 2.22. The summed E-state index contributed by atoms with van der Waals surface area (Å²) in [4.78, 5) is 22.0. The van der Waals surface area contributed by atoms with Crippen molar-refractivity contribution in [2.45, 2.75) is 18.9 Å². The Labute approximate surface area is 121 Å². The van der Waals surface area contributed by atoms with Crippen molar-refractivity contribution in [3.05, 3.63) is 27.8 Å². The Bertz CT molecular complexity index is 561. The van der Waals surface area contributed by atoms with Crippen LogP contribution in [0.1, 0.15) is 12.0 Å². The molecule has 1 unspecified atom stereocenters. The molecule has 1 aromatic carbocycles. The van der Waals surface area contributed by atoms with E-state index in [-0.39, 0.29) is 30.4 Å². The second kappa shape index (κ2) is 6.51. The van der Waals surface area contributed by atoms with Crippen LogP contribution in [0, 0.1) is 10.1 Å². The first-order chi connectivity index (χ1) is 10.0. The molecule has 1 amide bonds. The van der Waals surface area contributed by atoms with Gasteiger partial charge in [-0.1, -0.05) is 0 Å². The number of methoxy groups -OCH3 is 1. The average Bonchev–Trinajstić information content (AvgIpc) is 2.44. The number of nitro groups is 1. The van der Waals surface area contributed by atoms with Crippen molar-refractivity contribution in [1.29, 1.82) is 0 Å². The molecule has 0 saturated carbocycles. The molecule has 0 radical (unpaired) electrons. The molecule has 1 atom stereocenters. The van der Waals surface area contributed by atoms with Crippen LogP contribution in [0.25, 0.3) is 0 Å². The number of hydrogen-bond acceptors (Lipinski definition) is 6. The van der Waals surface area contributed by atoms with E-state index >= 15 is 0 Å². The van der Waals surface area contributed by atoms with E-state index in [0.717, 1.165) is 5.56 Å². The van der Waals surface area contributed by atoms with E-state index in [4.69, 9.17) is 4.74 Å². The van der Waals surface area contributed by atoms with Gasteiger partial charge in [-0.05, 0) is 18.1 Å². The maximum absolute atomic E-state index is 11.4. The van der Waals surface area contributed by atoms with Gasteiger partial charge in [-0.15, -0.1) is 0 Å². The first-order valence-electron chi connectivity index (χ1n) is 6.53. The summed E-state index contributed by atoms with van der Waals surface area (Å²) in [6.45, 7) is 0.240. The molecule has 0 aliphatic carbocycles. The van der Waals surface area contributed by atoms with Crippen LogP contribution < -0.4 is 10.6 Å². The van der Waals surface area contributed by atoms with Crippen molar-refractivity contribution >= 4 is 23.0 Å². The predicted molar refractivity (Wildman–Crippen MR) is 76.4 cm³/mol. The van der Waals surface area contributed by atoms with E-state index in [0.29, 0.717) is 18.5 Å². The molecule has 0 saturated heterocycles. The lowest BCUT2D eigenvalue weighted by atomic mass is 10.0. The summed E-state index contributed by atoms with van der Waals surface area (Å²) in [5, 5.41) is 26.2. The lowest BCUT2D eigenvalue weighted by Gasteiger charge is -2.19. The highest BCUT2D eigenvalue weighted by molar-refractivity contribution is 5.95. The summed E-state index contributed by atoms with van der Waals surface area (Å²) in [6, 6.07) is 2.99. The Kier molecular flexibility index (Phi) is 4.71. The number of carbonyl (C=O) groups excluding carboxylic acids is 1. The third kappa shape index (κ3) is 3.67. The van der Waals surface area contributed by atoms with Gasteiger partial charge >= 0.3 is 0 Å². The van der Waals surface area contributed by atoms with Gasteiger partial charge in [0.25, 0.3) is 5.69 Å². The smallest absolute Gasteiger partial charge is 0.292 e. The van der Waals surface area contributed by atoms with Gasteiger partial charge in [0.15, 0.2) is 0 Å². The number of aliphatic hydroxyl groups excluding tert-OH is 1. The molecule has 3 N–H and O–H groups in total. The molecular formula is C13H17N3O5. The Morgan fingerprint density at radius 3 is 2.95 bits per heavy atom. The molecule has 8 heteroatoms. The van der Waals surface area contributed by atoms with E-state index in [2.05, 4.69) is 10.6 Å². The molecule has 0 spiro atoms. The van der Waals surface area contributed by atoms with Crippen LogP contribution in [0.2, 0.25) is 0 Å². The van der Waals surface area contributed by atoms with Crippen molar-refractivity contribution in [2.24, 2.45) is 0 Å². The number of aryl methyl sites for hydroxylation is 1. The van der Waals surface area contributed by atoms with Crippen LogP contribution in [0.15, 0.2) is 12.1 Å². The molecule has 114 valence electrons. The van der Waals surface area contributed by atoms with Gasteiger partial charge in [-0.3, -0.25) is 14.9 Å². The fraction of sp³-hybridized carbons (Fsp3) is 0.462. The van der Waals surface area contributed by atoms with Gasteiger partial charge in [0.05, 0.1) is 17.6 Å². The number of ether oxygens (including phenoxy) is 1. The minimum Gasteiger partial charge on any atom is -0.389 e. The van der Waals surface area contributed by atoms with Crippen LogP contribution in [0.5, 0.6) is 0 Å². The Morgan fingerprint density at radius 2 is 2.29 bits per heavy atom. The second-order valence-corrected chi connectivity index (χ2v) is 4.82. The van der Waals surface area contributed by atoms with Crippen LogP contribution >= 0.6 is 0 Å². The molecule has 21 heavy (non-hydrogen) atoms. The second-order valence-electron chi connectivity index (χ2n) is 4.82. The summed E-state index contributed by atoms with van der Waals surface area (Å²) in [5.74, 6) is -0.110. The Morgan fingerprint density at radius 1 is 1.52 bits per heavy atom. The standard InChI is InChI=1S/C13H17N3O5/c1-21-7-9(17)6-14-11-5-10-8(2-3-13(18)15-10)4-12(11)16(19)20/h4-5,9,14,17H,2-3,6-7H2,1H3,(H,15,18). The highest BCUT2D eigenvalue weighted by Crippen LogP contribution is 2.34. The molecule has 0 aromatic heterocycles. The van der Waals surface area contributed by atoms with Crippen LogP contribution in [0.3, 0.4) is 0 Å². The number of nitrogens with one attached hydrogen (secondary N) is 2. The number of carbonyl (C=O) groups is 1. The quantitative estimate of drug-likeness (QED) is 0.530. The predicted octanol–water partition coefficient (Wildman–Crippen LogP) is 0.899. The number of nitro benzene ring substituents is 1. The van der Waals surface area contributed by atoms with Gasteiger partial charge in [0.2, 0.25) is 5.91 Å². The summed E-state index contributed by atoms with van der Waals surface area (Å²) in [6.07, 6.45) is 0.0261. The highest BCUT2D eigenvalue weighted by atomic mass is 16.6. The van der Waals surface area contributed by atoms with Crippen LogP contribution in [-0.4, -0.2) is 42.3 Å². The normalized spacial score (nSPS) is 15.0. The monoisotopic (exact) mass is 295 g/mol. The maximum atomic E-state index is 11.4. The lowest BCUT2D eigenvalue weighted by Crippen LogP contribution is -2.25. The fourth-order valence-electron chi connectivity index (χ4n) is 2.19. The first kappa shape index (κ1) is 15.2. The number of fused-ring (bicyclic) bond motifs is 1. The van der Waals surface area contributed by atoms with E-state index in [9.17, 15) is 20.0 Å². The molecule has 1 aliphatic heterocycles. The zero-order chi connectivity index (χ0) is 15.4. The number of nitrogens with zero attached hydrogens (tertiary/aromatic N) is 1. The van der Waals surface area contributed by atoms with E-state index in [1.165, 1.54) is 19.2 Å². The number of amides is 1. The molecule has 0 bridgehead atoms. The van der Waals surface area contributed by atoms with Crippen molar-refractivity contribution in [2.75, 3.05) is 30.9 Å². The average molecular weight is 295 g/mol. The summed E-state index contributed by atoms with van der Waals surface area (Å²) < 4.78 is 4.79. The SMILES string of the molecule is COCC(O)CNc1cc2c(cc1[N+](=O)[O-])CCC(=O)N2. The summed E-state index contributed by atoms with van der Waals surface area (Å²) in [7, 11) is 1.46. The third-order valence-corrected chi connectivity index (χ3v) is 3.20. The number of hydrogen-bond donors (Lipinski definition) is 3. The molecule has 0 fully saturated rings. The van der Waals surface area contributed by atoms with E-state index < -0.39 is 11.0 Å². The van der Waals surface area contributed by atoms with Crippen molar-refractivity contribution in [3.8, 4) is 0 Å². The fourth-order valence-corrected chi connectivity index (χ4v) is 2.19. The molecule has 1 heterocycles. The zero-order valence-electron chi connectivity index (χ0n) is 11.6. The molecule has 2 rings (SSSR count). The Balaban J connectivity index is 2.23. The van der Waals surface area contributed by atoms with E-state index in [1.807, 2.05) is 0 Å². The summed E-state index contributed by atoms with van der Waals surface area (Å²) in [5.41, 5.74) is 1.50. The summed E-state index contributed by atoms with van der Waals surface area (Å²) >= 11 is 0. The lowest BCUT2D eigenvalue weighted by molar-refractivity contribution is -0.384. The first-order valence-corrected chi connectivity index (χ1v) is 6.53. The van der Waals surface area contributed by atoms with Gasteiger partial charge in [0, 0.05) is 31.8 Å². The minimum atomic E-state index is -0.778. The zero-order valence-corrected chi connectivity index (χ0v) is 11.6. The maximum Gasteiger partial charge on any atom is 0.292 e. The van der Waals surface area contributed by atoms with E-state index in [1.54, 1.807) is 0 Å².